The van der Waals surface area contributed by atoms with Crippen LogP contribution < -0.4 is 16.0 Å². The number of hydrogen-bond donors (Lipinski definition) is 6. The zero-order valence-corrected chi connectivity index (χ0v) is 37.9. The lowest BCUT2D eigenvalue weighted by atomic mass is 9.80. The molecule has 0 bridgehead atoms. The molecule has 6 atom stereocenters. The number of ether oxygens (including phenoxy) is 4. The van der Waals surface area contributed by atoms with Gasteiger partial charge in [0, 0.05) is 38.5 Å². The number of hydrogen-bond acceptors (Lipinski definition) is 14. The van der Waals surface area contributed by atoms with Crippen molar-refractivity contribution in [1.82, 2.24) is 16.0 Å². The highest BCUT2D eigenvalue weighted by molar-refractivity contribution is 8.47. The molecule has 0 radical (unpaired) electrons. The molecule has 0 spiro atoms. The largest absolute Gasteiger partial charge is 0.388 e. The van der Waals surface area contributed by atoms with Crippen molar-refractivity contribution in [2.75, 3.05) is 32.1 Å². The number of thiocarbonyl (C=S) groups is 1. The second kappa shape index (κ2) is 23.9. The summed E-state index contributed by atoms with van der Waals surface area (Å²) in [6, 6.07) is 1.27. The third-order valence-electron chi connectivity index (χ3n) is 9.25. The van der Waals surface area contributed by atoms with Gasteiger partial charge in [-0.15, -0.1) is 11.8 Å². The van der Waals surface area contributed by atoms with Crippen LogP contribution in [0.5, 0.6) is 0 Å². The van der Waals surface area contributed by atoms with Crippen LogP contribution in [0.4, 0.5) is 0 Å². The molecule has 1 fully saturated rings. The maximum absolute atomic E-state index is 13.2. The fraction of sp³-hybridized carbons (Fsp3) is 0.872. The van der Waals surface area contributed by atoms with Crippen molar-refractivity contribution in [3.05, 3.63) is 0 Å². The van der Waals surface area contributed by atoms with E-state index >= 15 is 0 Å². The molecule has 0 aliphatic carbocycles. The Morgan fingerprint density at radius 1 is 0.857 bits per heavy atom. The van der Waals surface area contributed by atoms with Crippen molar-refractivity contribution in [3.63, 3.8) is 0 Å². The minimum Gasteiger partial charge on any atom is -0.388 e. The Labute approximate surface area is 349 Å². The molecule has 0 saturated carbocycles. The molecule has 1 unspecified atom stereocenters. The van der Waals surface area contributed by atoms with Crippen LogP contribution in [0.2, 0.25) is 0 Å². The smallest absolute Gasteiger partial charge is 0.225 e. The van der Waals surface area contributed by atoms with Crippen molar-refractivity contribution in [1.29, 1.82) is 5.26 Å². The maximum atomic E-state index is 13.2. The maximum Gasteiger partial charge on any atom is 0.225 e. The lowest BCUT2D eigenvalue weighted by molar-refractivity contribution is -0.315. The fourth-order valence-corrected chi connectivity index (χ4v) is 9.35. The van der Waals surface area contributed by atoms with E-state index in [1.165, 1.54) is 30.4 Å². The van der Waals surface area contributed by atoms with Gasteiger partial charge in [0.05, 0.1) is 29.5 Å². The molecular weight excluding hydrogens is 781 g/mol. The van der Waals surface area contributed by atoms with E-state index in [9.17, 15) is 35.0 Å². The number of aliphatic hydroxyl groups is 3. The van der Waals surface area contributed by atoms with E-state index < -0.39 is 63.7 Å². The van der Waals surface area contributed by atoms with E-state index in [2.05, 4.69) is 22.0 Å². The lowest BCUT2D eigenvalue weighted by Crippen LogP contribution is -2.63. The summed E-state index contributed by atoms with van der Waals surface area (Å²) in [7, 11) is 0. The number of nitriles is 1. The molecule has 1 saturated heterocycles. The van der Waals surface area contributed by atoms with Crippen molar-refractivity contribution < 1.29 is 48.7 Å². The predicted octanol–water partition coefficient (Wildman–Crippen LogP) is 4.71. The van der Waals surface area contributed by atoms with Gasteiger partial charge in [0.1, 0.15) is 26.5 Å². The van der Waals surface area contributed by atoms with Crippen molar-refractivity contribution in [2.45, 2.75) is 180 Å². The summed E-state index contributed by atoms with van der Waals surface area (Å²) in [4.78, 5) is 37.3. The number of nitrogens with zero attached hydrogens (tertiary/aromatic N) is 1. The van der Waals surface area contributed by atoms with E-state index in [1.807, 2.05) is 69.2 Å². The van der Waals surface area contributed by atoms with Crippen LogP contribution in [0, 0.1) is 16.7 Å². The molecular formula is C39H70N4O10S3. The van der Waals surface area contributed by atoms with Crippen LogP contribution in [0.25, 0.3) is 0 Å². The fourth-order valence-electron chi connectivity index (χ4n) is 6.45. The zero-order valence-electron chi connectivity index (χ0n) is 35.5. The van der Waals surface area contributed by atoms with Crippen LogP contribution in [0.15, 0.2) is 0 Å². The summed E-state index contributed by atoms with van der Waals surface area (Å²) in [5, 5.41) is 48.1. The number of nitrogens with one attached hydrogen (secondary N) is 3. The summed E-state index contributed by atoms with van der Waals surface area (Å²) in [5.74, 6) is 0.219. The summed E-state index contributed by atoms with van der Waals surface area (Å²) >= 11 is 8.21. The quantitative estimate of drug-likeness (QED) is 0.0544. The highest BCUT2D eigenvalue weighted by Crippen LogP contribution is 2.36. The summed E-state index contributed by atoms with van der Waals surface area (Å²) in [5.41, 5.74) is -2.34. The first-order valence-electron chi connectivity index (χ1n) is 19.5. The minimum absolute atomic E-state index is 0.0798. The number of unbranched alkanes of at least 4 members (excludes halogenated alkanes) is 2. The first-order valence-corrected chi connectivity index (χ1v) is 21.7. The monoisotopic (exact) mass is 850 g/mol. The van der Waals surface area contributed by atoms with Gasteiger partial charge in [0.15, 0.2) is 12.6 Å². The van der Waals surface area contributed by atoms with E-state index in [0.717, 1.165) is 12.2 Å². The zero-order chi connectivity index (χ0) is 43.0. The third-order valence-corrected chi connectivity index (χ3v) is 11.9. The lowest BCUT2D eigenvalue weighted by Gasteiger charge is -2.40. The number of amides is 3. The van der Waals surface area contributed by atoms with E-state index in [0.29, 0.717) is 61.7 Å². The van der Waals surface area contributed by atoms with Crippen LogP contribution in [0.1, 0.15) is 128 Å². The average molecular weight is 851 g/mol. The minimum atomic E-state index is -1.64. The molecule has 17 heteroatoms. The second-order valence-electron chi connectivity index (χ2n) is 17.1. The van der Waals surface area contributed by atoms with Crippen LogP contribution in [0.3, 0.4) is 0 Å². The number of thioether (sulfide) groups is 2. The Morgan fingerprint density at radius 3 is 2.12 bits per heavy atom. The molecule has 1 aliphatic rings. The Kier molecular flexibility index (Phi) is 22.3. The molecule has 1 aliphatic heterocycles. The molecule has 324 valence electrons. The Balaban J connectivity index is 2.43. The van der Waals surface area contributed by atoms with Gasteiger partial charge in [-0.25, -0.2) is 0 Å². The molecule has 0 aromatic carbocycles. The van der Waals surface area contributed by atoms with Gasteiger partial charge >= 0.3 is 0 Å². The molecule has 1 rings (SSSR count). The van der Waals surface area contributed by atoms with Gasteiger partial charge in [0.25, 0.3) is 0 Å². The van der Waals surface area contributed by atoms with Gasteiger partial charge < -0.3 is 50.2 Å². The summed E-state index contributed by atoms with van der Waals surface area (Å²) in [6.45, 7) is 22.5. The SMILES string of the molecule is CCSC(=S)SC(C)(C#N)CCC(=O)NCCC(C)(C)OCCC(C)(C)OC(C)(C)CC(C)(C)C(=O)NCCCCCO[C@@H]1O[C@H](O)[C@H](O)[C@H](O)[C@H]1NC(C)=O. The second-order valence-corrected chi connectivity index (χ2v) is 21.0. The molecule has 6 N–H and O–H groups in total. The van der Waals surface area contributed by atoms with Gasteiger partial charge in [-0.3, -0.25) is 14.4 Å². The topological polar surface area (TPSA) is 209 Å². The van der Waals surface area contributed by atoms with E-state index in [4.69, 9.17) is 31.2 Å². The predicted molar refractivity (Wildman–Crippen MR) is 225 cm³/mol. The summed E-state index contributed by atoms with van der Waals surface area (Å²) < 4.78 is 23.7. The molecule has 3 amide bonds. The van der Waals surface area contributed by atoms with Crippen LogP contribution in [-0.2, 0) is 33.3 Å². The first kappa shape index (κ1) is 52.4. The number of carbonyl (C=O) groups excluding carboxylic acids is 3. The molecule has 56 heavy (non-hydrogen) atoms. The highest BCUT2D eigenvalue weighted by Gasteiger charge is 2.45. The Bertz CT molecular complexity index is 1310. The number of carbonyl (C=O) groups is 3. The van der Waals surface area contributed by atoms with Gasteiger partial charge in [-0.2, -0.15) is 5.26 Å². The Hall–Kier alpha value is -1.59. The molecule has 14 nitrogen and oxygen atoms in total. The molecule has 0 aromatic rings. The van der Waals surface area contributed by atoms with Gasteiger partial charge in [-0.1, -0.05) is 44.8 Å². The highest BCUT2D eigenvalue weighted by atomic mass is 32.2. The van der Waals surface area contributed by atoms with Crippen molar-refractivity contribution in [2.24, 2.45) is 5.41 Å². The van der Waals surface area contributed by atoms with Gasteiger partial charge in [-0.05, 0) is 99.2 Å². The molecule has 0 aromatic heterocycles. The normalized spacial score (nSPS) is 21.8. The summed E-state index contributed by atoms with van der Waals surface area (Å²) in [6.07, 6.45) is -1.42. The van der Waals surface area contributed by atoms with Crippen molar-refractivity contribution in [3.8, 4) is 6.07 Å². The van der Waals surface area contributed by atoms with E-state index in [-0.39, 0.29) is 24.8 Å². The number of rotatable bonds is 25. The van der Waals surface area contributed by atoms with E-state index in [1.54, 1.807) is 0 Å². The third kappa shape index (κ3) is 20.4. The molecule has 1 heterocycles. The average Bonchev–Trinajstić information content (AvgIpc) is 3.06. The standard InChI is InChI=1S/C39H70N4O10S3/c1-12-55-34(54)56-39(11,25-40)17-16-27(45)41-21-18-36(5,6)51-23-19-37(7,8)53-38(9,10)24-35(3,4)33(49)42-20-14-13-15-22-50-32-28(43-26(2)44)29(46)30(47)31(48)52-32/h28-32,46-48H,12-24H2,1-11H3,(H,41,45)(H,42,49)(H,43,44)/t28-,29-,30-,31+,32-,39?/m1/s1. The van der Waals surface area contributed by atoms with Crippen LogP contribution >= 0.6 is 35.7 Å². The Morgan fingerprint density at radius 2 is 1.52 bits per heavy atom. The first-order chi connectivity index (χ1) is 25.8. The number of aliphatic hydroxyl groups excluding tert-OH is 3. The van der Waals surface area contributed by atoms with Gasteiger partial charge in [0.2, 0.25) is 17.7 Å². The van der Waals surface area contributed by atoms with Crippen LogP contribution in [-0.4, -0.2) is 121 Å². The van der Waals surface area contributed by atoms with Crippen molar-refractivity contribution >= 4 is 57.0 Å².